The van der Waals surface area contributed by atoms with Gasteiger partial charge in [0.1, 0.15) is 5.69 Å². The highest BCUT2D eigenvalue weighted by atomic mass is 32.2. The summed E-state index contributed by atoms with van der Waals surface area (Å²) in [6.07, 6.45) is 2.16. The van der Waals surface area contributed by atoms with Crippen molar-refractivity contribution in [3.8, 4) is 0 Å². The van der Waals surface area contributed by atoms with Gasteiger partial charge in [0.2, 0.25) is 10.0 Å². The molecule has 8 nitrogen and oxygen atoms in total. The largest absolute Gasteiger partial charge is 0.384 e. The summed E-state index contributed by atoms with van der Waals surface area (Å²) in [5.74, 6) is -0.257. The Morgan fingerprint density at radius 1 is 1.15 bits per heavy atom. The lowest BCUT2D eigenvalue weighted by Gasteiger charge is -2.12. The number of hydrogen-bond donors (Lipinski definition) is 3. The first-order chi connectivity index (χ1) is 12.8. The van der Waals surface area contributed by atoms with Gasteiger partial charge in [0.15, 0.2) is 0 Å². The Morgan fingerprint density at radius 2 is 1.85 bits per heavy atom. The van der Waals surface area contributed by atoms with Crippen molar-refractivity contribution in [1.82, 2.24) is 15.2 Å². The molecule has 1 heterocycles. The number of primary sulfonamides is 1. The normalized spacial score (nSPS) is 11.4. The second-order valence-electron chi connectivity index (χ2n) is 6.35. The lowest BCUT2D eigenvalue weighted by molar-refractivity contribution is 0.0949. The van der Waals surface area contributed by atoms with Gasteiger partial charge in [-0.15, -0.1) is 0 Å². The molecule has 9 heteroatoms. The molecular weight excluding hydrogens is 366 g/mol. The van der Waals surface area contributed by atoms with Gasteiger partial charge < -0.3 is 15.5 Å². The molecule has 0 unspecified atom stereocenters. The summed E-state index contributed by atoms with van der Waals surface area (Å²) in [6.45, 7) is 2.06. The van der Waals surface area contributed by atoms with Crippen molar-refractivity contribution < 1.29 is 13.2 Å². The molecule has 0 aliphatic rings. The van der Waals surface area contributed by atoms with Crippen molar-refractivity contribution >= 4 is 21.6 Å². The highest BCUT2D eigenvalue weighted by Crippen LogP contribution is 2.10. The van der Waals surface area contributed by atoms with Crippen LogP contribution in [0.2, 0.25) is 0 Å². The second-order valence-corrected chi connectivity index (χ2v) is 7.92. The molecule has 0 atom stereocenters. The van der Waals surface area contributed by atoms with Crippen LogP contribution in [0.4, 0.5) is 5.69 Å². The third kappa shape index (κ3) is 6.97. The lowest BCUT2D eigenvalue weighted by Crippen LogP contribution is -2.26. The molecule has 2 aromatic rings. The van der Waals surface area contributed by atoms with Crippen molar-refractivity contribution in [2.24, 2.45) is 5.14 Å². The van der Waals surface area contributed by atoms with Crippen LogP contribution in [0.1, 0.15) is 16.1 Å². The Bertz CT molecular complexity index is 867. The number of hydrogen-bond acceptors (Lipinski definition) is 6. The molecule has 146 valence electrons. The SMILES string of the molecule is CN(C)CCNc1ccnc(C(=O)NCCc2ccc(S(N)(=O)=O)cc2)c1. The Morgan fingerprint density at radius 3 is 2.48 bits per heavy atom. The van der Waals surface area contributed by atoms with Crippen molar-refractivity contribution in [2.45, 2.75) is 11.3 Å². The van der Waals surface area contributed by atoms with Gasteiger partial charge in [0, 0.05) is 31.5 Å². The van der Waals surface area contributed by atoms with E-state index in [1.807, 2.05) is 20.2 Å². The van der Waals surface area contributed by atoms with Crippen LogP contribution in [0, 0.1) is 0 Å². The van der Waals surface area contributed by atoms with Gasteiger partial charge in [0.05, 0.1) is 4.90 Å². The first-order valence-electron chi connectivity index (χ1n) is 8.50. The standard InChI is InChI=1S/C18H25N5O3S/c1-23(2)12-11-20-15-8-10-21-17(13-15)18(24)22-9-7-14-3-5-16(6-4-14)27(19,25)26/h3-6,8,10,13H,7,9,11-12H2,1-2H3,(H,20,21)(H,22,24)(H2,19,25,26). The number of carbonyl (C=O) groups is 1. The fourth-order valence-corrected chi connectivity index (χ4v) is 2.86. The number of aromatic nitrogens is 1. The molecule has 0 saturated carbocycles. The topological polar surface area (TPSA) is 117 Å². The third-order valence-electron chi connectivity index (χ3n) is 3.83. The minimum Gasteiger partial charge on any atom is -0.384 e. The quantitative estimate of drug-likeness (QED) is 0.578. The molecule has 0 spiro atoms. The van der Waals surface area contributed by atoms with Crippen LogP contribution in [0.25, 0.3) is 0 Å². The number of sulfonamides is 1. The Labute approximate surface area is 159 Å². The van der Waals surface area contributed by atoms with Crippen LogP contribution in [0.15, 0.2) is 47.5 Å². The highest BCUT2D eigenvalue weighted by Gasteiger charge is 2.09. The second kappa shape index (κ2) is 9.45. The maximum absolute atomic E-state index is 12.2. The Kier molecular flexibility index (Phi) is 7.28. The van der Waals surface area contributed by atoms with Crippen molar-refractivity contribution in [2.75, 3.05) is 39.0 Å². The zero-order valence-corrected chi connectivity index (χ0v) is 16.3. The van der Waals surface area contributed by atoms with Crippen LogP contribution < -0.4 is 15.8 Å². The molecule has 2 rings (SSSR count). The number of anilines is 1. The van der Waals surface area contributed by atoms with E-state index in [0.29, 0.717) is 18.7 Å². The predicted octanol–water partition coefficient (Wildman–Crippen LogP) is 0.675. The van der Waals surface area contributed by atoms with Crippen LogP contribution in [0.5, 0.6) is 0 Å². The molecule has 1 aromatic carbocycles. The summed E-state index contributed by atoms with van der Waals surface area (Å²) >= 11 is 0. The minimum atomic E-state index is -3.69. The zero-order chi connectivity index (χ0) is 19.9. The van der Waals surface area contributed by atoms with E-state index >= 15 is 0 Å². The van der Waals surface area contributed by atoms with Gasteiger partial charge in [-0.2, -0.15) is 0 Å². The van der Waals surface area contributed by atoms with Gasteiger partial charge in [-0.05, 0) is 50.3 Å². The lowest BCUT2D eigenvalue weighted by atomic mass is 10.1. The van der Waals surface area contributed by atoms with Gasteiger partial charge in [0.25, 0.3) is 5.91 Å². The van der Waals surface area contributed by atoms with Crippen LogP contribution in [0.3, 0.4) is 0 Å². The highest BCUT2D eigenvalue weighted by molar-refractivity contribution is 7.89. The first kappa shape index (κ1) is 20.8. The fourth-order valence-electron chi connectivity index (χ4n) is 2.35. The molecule has 0 fully saturated rings. The van der Waals surface area contributed by atoms with Crippen molar-refractivity contribution in [1.29, 1.82) is 0 Å². The van der Waals surface area contributed by atoms with E-state index < -0.39 is 10.0 Å². The van der Waals surface area contributed by atoms with Gasteiger partial charge in [-0.1, -0.05) is 12.1 Å². The van der Waals surface area contributed by atoms with E-state index in [0.717, 1.165) is 24.3 Å². The molecule has 27 heavy (non-hydrogen) atoms. The number of pyridine rings is 1. The molecule has 0 radical (unpaired) electrons. The number of amides is 1. The number of rotatable bonds is 9. The van der Waals surface area contributed by atoms with E-state index in [1.165, 1.54) is 12.1 Å². The van der Waals surface area contributed by atoms with Crippen molar-refractivity contribution in [3.63, 3.8) is 0 Å². The molecule has 0 aliphatic carbocycles. The van der Waals surface area contributed by atoms with E-state index in [-0.39, 0.29) is 10.8 Å². The molecular formula is C18H25N5O3S. The summed E-state index contributed by atoms with van der Waals surface area (Å²) in [5, 5.41) is 11.1. The summed E-state index contributed by atoms with van der Waals surface area (Å²) in [5.41, 5.74) is 2.08. The van der Waals surface area contributed by atoms with Gasteiger partial charge in [-0.3, -0.25) is 9.78 Å². The number of benzene rings is 1. The summed E-state index contributed by atoms with van der Waals surface area (Å²) in [4.78, 5) is 18.5. The van der Waals surface area contributed by atoms with E-state index in [1.54, 1.807) is 24.4 Å². The number of carbonyl (C=O) groups excluding carboxylic acids is 1. The zero-order valence-electron chi connectivity index (χ0n) is 15.5. The summed E-state index contributed by atoms with van der Waals surface area (Å²) < 4.78 is 22.5. The maximum Gasteiger partial charge on any atom is 0.269 e. The van der Waals surface area contributed by atoms with E-state index in [4.69, 9.17) is 5.14 Å². The average molecular weight is 391 g/mol. The smallest absolute Gasteiger partial charge is 0.269 e. The van der Waals surface area contributed by atoms with Crippen LogP contribution in [-0.2, 0) is 16.4 Å². The molecule has 4 N–H and O–H groups in total. The molecule has 0 bridgehead atoms. The van der Waals surface area contributed by atoms with Gasteiger partial charge in [-0.25, -0.2) is 13.6 Å². The molecule has 0 aliphatic heterocycles. The molecule has 0 saturated heterocycles. The molecule has 1 amide bonds. The van der Waals surface area contributed by atoms with E-state index in [9.17, 15) is 13.2 Å². The number of nitrogens with one attached hydrogen (secondary N) is 2. The fraction of sp³-hybridized carbons (Fsp3) is 0.333. The van der Waals surface area contributed by atoms with E-state index in [2.05, 4.69) is 20.5 Å². The molecule has 1 aromatic heterocycles. The predicted molar refractivity (Wildman–Crippen MR) is 105 cm³/mol. The summed E-state index contributed by atoms with van der Waals surface area (Å²) in [6, 6.07) is 9.80. The van der Waals surface area contributed by atoms with Crippen LogP contribution in [-0.4, -0.2) is 57.9 Å². The Hall–Kier alpha value is -2.49. The number of likely N-dealkylation sites (N-methyl/N-ethyl adjacent to an activating group) is 1. The monoisotopic (exact) mass is 391 g/mol. The maximum atomic E-state index is 12.2. The van der Waals surface area contributed by atoms with Gasteiger partial charge >= 0.3 is 0 Å². The van der Waals surface area contributed by atoms with Crippen molar-refractivity contribution in [3.05, 3.63) is 53.9 Å². The summed E-state index contributed by atoms with van der Waals surface area (Å²) in [7, 11) is 0.299. The minimum absolute atomic E-state index is 0.0677. The first-order valence-corrected chi connectivity index (χ1v) is 10.0. The third-order valence-corrected chi connectivity index (χ3v) is 4.76. The van der Waals surface area contributed by atoms with Crippen LogP contribution >= 0.6 is 0 Å². The average Bonchev–Trinajstić information content (AvgIpc) is 2.61. The number of nitrogens with zero attached hydrogens (tertiary/aromatic N) is 2. The number of nitrogens with two attached hydrogens (primary N) is 1. The Balaban J connectivity index is 1.85.